The van der Waals surface area contributed by atoms with Crippen LogP contribution >= 0.6 is 11.3 Å². The second kappa shape index (κ2) is 7.74. The molecule has 0 atom stereocenters. The lowest BCUT2D eigenvalue weighted by Crippen LogP contribution is -2.27. The molecular formula is C21H18N2O4S. The fourth-order valence-corrected chi connectivity index (χ4v) is 3.66. The molecule has 2 aromatic carbocycles. The summed E-state index contributed by atoms with van der Waals surface area (Å²) in [7, 11) is 1.56. The van der Waals surface area contributed by atoms with Crippen molar-refractivity contribution in [2.45, 2.75) is 6.42 Å². The van der Waals surface area contributed by atoms with Gasteiger partial charge in [0.2, 0.25) is 5.91 Å². The Morgan fingerprint density at radius 2 is 1.93 bits per heavy atom. The van der Waals surface area contributed by atoms with Crippen LogP contribution in [0, 0.1) is 0 Å². The summed E-state index contributed by atoms with van der Waals surface area (Å²) in [6, 6.07) is 14.9. The molecular weight excluding hydrogens is 376 g/mol. The average molecular weight is 394 g/mol. The lowest BCUT2D eigenvalue weighted by molar-refractivity contribution is -0.116. The topological polar surface area (TPSA) is 80.6 Å². The van der Waals surface area contributed by atoms with E-state index in [9.17, 15) is 9.59 Å². The summed E-state index contributed by atoms with van der Waals surface area (Å²) in [5.74, 6) is 0.152. The molecule has 142 valence electrons. The predicted molar refractivity (Wildman–Crippen MR) is 110 cm³/mol. The molecule has 0 spiro atoms. The number of hydrogen-bond acceptors (Lipinski definition) is 5. The molecule has 28 heavy (non-hydrogen) atoms. The van der Waals surface area contributed by atoms with Gasteiger partial charge in [-0.2, -0.15) is 0 Å². The summed E-state index contributed by atoms with van der Waals surface area (Å²) in [4.78, 5) is 24.8. The van der Waals surface area contributed by atoms with Crippen molar-refractivity contribution in [3.63, 3.8) is 0 Å². The molecule has 0 aliphatic heterocycles. The van der Waals surface area contributed by atoms with Crippen LogP contribution in [-0.4, -0.2) is 25.5 Å². The molecule has 2 aromatic heterocycles. The summed E-state index contributed by atoms with van der Waals surface area (Å²) in [6.07, 6.45) is 0.151. The van der Waals surface area contributed by atoms with E-state index in [1.165, 1.54) is 11.3 Å². The number of carbonyl (C=O) groups excluding carboxylic acids is 2. The smallest absolute Gasteiger partial charge is 0.261 e. The van der Waals surface area contributed by atoms with Crippen LogP contribution in [0.3, 0.4) is 0 Å². The van der Waals surface area contributed by atoms with Crippen LogP contribution < -0.4 is 15.4 Å². The molecule has 0 bridgehead atoms. The zero-order chi connectivity index (χ0) is 19.5. The highest BCUT2D eigenvalue weighted by molar-refractivity contribution is 7.12. The number of amides is 2. The Morgan fingerprint density at radius 1 is 1.07 bits per heavy atom. The predicted octanol–water partition coefficient (Wildman–Crippen LogP) is 4.41. The van der Waals surface area contributed by atoms with Crippen LogP contribution in [0.4, 0.5) is 5.69 Å². The number of anilines is 1. The van der Waals surface area contributed by atoms with E-state index < -0.39 is 0 Å². The Kier molecular flexibility index (Phi) is 4.99. The molecule has 0 unspecified atom stereocenters. The largest absolute Gasteiger partial charge is 0.495 e. The van der Waals surface area contributed by atoms with Crippen molar-refractivity contribution in [3.8, 4) is 5.75 Å². The molecule has 2 N–H and O–H groups in total. The van der Waals surface area contributed by atoms with E-state index in [2.05, 4.69) is 10.6 Å². The molecule has 4 aromatic rings. The van der Waals surface area contributed by atoms with Crippen LogP contribution in [0.25, 0.3) is 21.9 Å². The van der Waals surface area contributed by atoms with Gasteiger partial charge in [-0.1, -0.05) is 24.3 Å². The third kappa shape index (κ3) is 3.57. The number of carbonyl (C=O) groups is 2. The second-order valence-corrected chi connectivity index (χ2v) is 7.13. The molecule has 0 aliphatic carbocycles. The zero-order valence-electron chi connectivity index (χ0n) is 15.2. The third-order valence-corrected chi connectivity index (χ3v) is 5.22. The number of para-hydroxylation sites is 1. The van der Waals surface area contributed by atoms with E-state index in [0.29, 0.717) is 21.9 Å². The minimum absolute atomic E-state index is 0.151. The van der Waals surface area contributed by atoms with Gasteiger partial charge in [0.25, 0.3) is 5.91 Å². The van der Waals surface area contributed by atoms with Crippen LogP contribution in [0.1, 0.15) is 16.1 Å². The molecule has 0 fully saturated rings. The number of fused-ring (bicyclic) bond motifs is 3. The first-order chi connectivity index (χ1) is 13.7. The minimum atomic E-state index is -0.222. The van der Waals surface area contributed by atoms with Crippen LogP contribution in [0.2, 0.25) is 0 Å². The molecule has 2 heterocycles. The monoisotopic (exact) mass is 394 g/mol. The Balaban J connectivity index is 1.46. The Morgan fingerprint density at radius 3 is 2.71 bits per heavy atom. The van der Waals surface area contributed by atoms with E-state index >= 15 is 0 Å². The number of rotatable bonds is 6. The molecule has 6 nitrogen and oxygen atoms in total. The molecule has 0 saturated heterocycles. The van der Waals surface area contributed by atoms with Gasteiger partial charge >= 0.3 is 0 Å². The minimum Gasteiger partial charge on any atom is -0.495 e. The first-order valence-corrected chi connectivity index (χ1v) is 9.64. The van der Waals surface area contributed by atoms with Crippen molar-refractivity contribution in [1.29, 1.82) is 0 Å². The van der Waals surface area contributed by atoms with Gasteiger partial charge in [0, 0.05) is 29.8 Å². The van der Waals surface area contributed by atoms with Crippen molar-refractivity contribution >= 4 is 50.8 Å². The van der Waals surface area contributed by atoms with Gasteiger partial charge in [-0.3, -0.25) is 9.59 Å². The molecule has 0 radical (unpaired) electrons. The summed E-state index contributed by atoms with van der Waals surface area (Å²) in [6.45, 7) is 0.248. The van der Waals surface area contributed by atoms with Crippen LogP contribution in [0.5, 0.6) is 5.75 Å². The molecule has 4 rings (SSSR count). The number of benzene rings is 2. The van der Waals surface area contributed by atoms with Crippen molar-refractivity contribution in [1.82, 2.24) is 5.32 Å². The van der Waals surface area contributed by atoms with Gasteiger partial charge in [-0.15, -0.1) is 11.3 Å². The van der Waals surface area contributed by atoms with Crippen LogP contribution in [0.15, 0.2) is 58.3 Å². The SMILES string of the molecule is COc1cc2c(cc1NC(=O)CCNC(=O)c1cccs1)oc1ccccc12. The fraction of sp³-hybridized carbons (Fsp3) is 0.143. The number of hydrogen-bond donors (Lipinski definition) is 2. The van der Waals surface area contributed by atoms with E-state index in [-0.39, 0.29) is 24.8 Å². The number of methoxy groups -OCH3 is 1. The van der Waals surface area contributed by atoms with E-state index in [1.807, 2.05) is 41.8 Å². The van der Waals surface area contributed by atoms with Crippen molar-refractivity contribution in [2.75, 3.05) is 19.0 Å². The molecule has 7 heteroatoms. The molecule has 2 amide bonds. The average Bonchev–Trinajstić information content (AvgIpc) is 3.35. The highest BCUT2D eigenvalue weighted by atomic mass is 32.1. The van der Waals surface area contributed by atoms with Gasteiger partial charge in [-0.05, 0) is 23.6 Å². The van der Waals surface area contributed by atoms with Crippen molar-refractivity contribution < 1.29 is 18.7 Å². The Labute approximate surface area is 165 Å². The summed E-state index contributed by atoms with van der Waals surface area (Å²) >= 11 is 1.36. The highest BCUT2D eigenvalue weighted by Crippen LogP contribution is 2.36. The summed E-state index contributed by atoms with van der Waals surface area (Å²) in [5, 5.41) is 9.32. The maximum Gasteiger partial charge on any atom is 0.261 e. The van der Waals surface area contributed by atoms with Gasteiger partial charge in [-0.25, -0.2) is 0 Å². The van der Waals surface area contributed by atoms with Crippen LogP contribution in [-0.2, 0) is 4.79 Å². The van der Waals surface area contributed by atoms with Gasteiger partial charge in [0.1, 0.15) is 16.9 Å². The first-order valence-electron chi connectivity index (χ1n) is 8.76. The standard InChI is InChI=1S/C21H18N2O4S/c1-26-18-11-14-13-5-2-3-6-16(13)27-17(14)12-15(18)23-20(24)8-9-22-21(25)19-7-4-10-28-19/h2-7,10-12H,8-9H2,1H3,(H,22,25)(H,23,24). The van der Waals surface area contributed by atoms with Gasteiger partial charge in [0.05, 0.1) is 17.7 Å². The molecule has 0 aliphatic rings. The summed E-state index contributed by atoms with van der Waals surface area (Å²) < 4.78 is 11.3. The van der Waals surface area contributed by atoms with E-state index in [1.54, 1.807) is 19.2 Å². The Bertz CT molecular complexity index is 1150. The van der Waals surface area contributed by atoms with Crippen molar-refractivity contribution in [2.24, 2.45) is 0 Å². The fourth-order valence-electron chi connectivity index (χ4n) is 3.02. The lowest BCUT2D eigenvalue weighted by Gasteiger charge is -2.10. The maximum atomic E-state index is 12.3. The van der Waals surface area contributed by atoms with Gasteiger partial charge < -0.3 is 19.8 Å². The Hall–Kier alpha value is -3.32. The molecule has 0 saturated carbocycles. The lowest BCUT2D eigenvalue weighted by atomic mass is 10.1. The normalized spacial score (nSPS) is 10.9. The van der Waals surface area contributed by atoms with E-state index in [0.717, 1.165) is 16.4 Å². The number of furan rings is 1. The first kappa shape index (κ1) is 18.1. The van der Waals surface area contributed by atoms with E-state index in [4.69, 9.17) is 9.15 Å². The number of ether oxygens (including phenoxy) is 1. The quantitative estimate of drug-likeness (QED) is 0.507. The second-order valence-electron chi connectivity index (χ2n) is 6.18. The van der Waals surface area contributed by atoms with Gasteiger partial charge in [0.15, 0.2) is 0 Å². The third-order valence-electron chi connectivity index (χ3n) is 4.36. The van der Waals surface area contributed by atoms with Crippen molar-refractivity contribution in [3.05, 3.63) is 58.8 Å². The number of thiophene rings is 1. The highest BCUT2D eigenvalue weighted by Gasteiger charge is 2.14. The maximum absolute atomic E-state index is 12.3. The zero-order valence-corrected chi connectivity index (χ0v) is 16.0. The summed E-state index contributed by atoms with van der Waals surface area (Å²) in [5.41, 5.74) is 1.98. The number of nitrogens with one attached hydrogen (secondary N) is 2.